The molecule has 0 spiro atoms. The minimum atomic E-state index is -0.238. The van der Waals surface area contributed by atoms with Crippen molar-refractivity contribution in [2.45, 2.75) is 13.3 Å². The Labute approximate surface area is 193 Å². The molecule has 5 aromatic rings. The van der Waals surface area contributed by atoms with E-state index in [0.29, 0.717) is 33.0 Å². The van der Waals surface area contributed by atoms with Crippen LogP contribution in [0.15, 0.2) is 60.4 Å². The monoisotopic (exact) mass is 459 g/mol. The minimum absolute atomic E-state index is 0.238. The Balaban J connectivity index is 1.54. The van der Waals surface area contributed by atoms with Crippen LogP contribution in [0.1, 0.15) is 27.2 Å². The third kappa shape index (κ3) is 3.66. The summed E-state index contributed by atoms with van der Waals surface area (Å²) in [5.74, 6) is 0.135. The molecule has 158 valence electrons. The summed E-state index contributed by atoms with van der Waals surface area (Å²) in [6.45, 7) is 1.97. The molecule has 0 atom stereocenters. The van der Waals surface area contributed by atoms with Crippen LogP contribution in [0.3, 0.4) is 0 Å². The number of hydrogen-bond acceptors (Lipinski definition) is 6. The lowest BCUT2D eigenvalue weighted by Crippen LogP contribution is -2.13. The number of carbonyl (C=O) groups excluding carboxylic acids is 1. The number of benzene rings is 2. The van der Waals surface area contributed by atoms with Crippen LogP contribution < -0.4 is 11.1 Å². The lowest BCUT2D eigenvalue weighted by molar-refractivity contribution is 0.102. The number of nitrogen functional groups attached to an aromatic ring is 1. The molecule has 1 amide bonds. The van der Waals surface area contributed by atoms with E-state index in [1.54, 1.807) is 11.6 Å². The van der Waals surface area contributed by atoms with E-state index < -0.39 is 0 Å². The van der Waals surface area contributed by atoms with Gasteiger partial charge in [0.2, 0.25) is 0 Å². The summed E-state index contributed by atoms with van der Waals surface area (Å²) < 4.78 is 0.709. The largest absolute Gasteiger partial charge is 0.382 e. The number of pyridine rings is 1. The maximum Gasteiger partial charge on any atom is 0.258 e. The van der Waals surface area contributed by atoms with Crippen molar-refractivity contribution in [1.29, 1.82) is 0 Å². The summed E-state index contributed by atoms with van der Waals surface area (Å²) in [4.78, 5) is 26.0. The zero-order valence-corrected chi connectivity index (χ0v) is 18.7. The quantitative estimate of drug-likeness (QED) is 0.363. The van der Waals surface area contributed by atoms with E-state index in [0.717, 1.165) is 33.3 Å². The van der Waals surface area contributed by atoms with Crippen molar-refractivity contribution < 1.29 is 4.79 Å². The predicted molar refractivity (Wildman–Crippen MR) is 131 cm³/mol. The van der Waals surface area contributed by atoms with Crippen LogP contribution in [0.2, 0.25) is 5.02 Å². The Morgan fingerprint density at radius 2 is 2.00 bits per heavy atom. The molecule has 32 heavy (non-hydrogen) atoms. The number of fused-ring (bicyclic) bond motifs is 2. The number of nitrogens with zero attached hydrogens (tertiary/aromatic N) is 3. The number of amides is 1. The van der Waals surface area contributed by atoms with Crippen LogP contribution in [0.25, 0.3) is 21.0 Å². The van der Waals surface area contributed by atoms with Gasteiger partial charge in [-0.3, -0.25) is 9.78 Å². The lowest BCUT2D eigenvalue weighted by Gasteiger charge is -2.14. The van der Waals surface area contributed by atoms with Crippen LogP contribution in [0.4, 0.5) is 11.5 Å². The van der Waals surface area contributed by atoms with E-state index >= 15 is 0 Å². The molecule has 8 heteroatoms. The van der Waals surface area contributed by atoms with Crippen LogP contribution in [-0.4, -0.2) is 20.9 Å². The Morgan fingerprint density at radius 3 is 2.84 bits per heavy atom. The van der Waals surface area contributed by atoms with Crippen molar-refractivity contribution >= 4 is 61.3 Å². The van der Waals surface area contributed by atoms with Gasteiger partial charge in [-0.25, -0.2) is 9.97 Å². The third-order valence-electron chi connectivity index (χ3n) is 5.36. The zero-order valence-electron chi connectivity index (χ0n) is 17.1. The minimum Gasteiger partial charge on any atom is -0.382 e. The van der Waals surface area contributed by atoms with Crippen molar-refractivity contribution in [3.05, 3.63) is 87.8 Å². The Morgan fingerprint density at radius 1 is 1.12 bits per heavy atom. The summed E-state index contributed by atoms with van der Waals surface area (Å²) in [6.07, 6.45) is 3.78. The molecular formula is C24H18ClN5OS. The summed E-state index contributed by atoms with van der Waals surface area (Å²) >= 11 is 7.51. The maximum atomic E-state index is 13.2. The standard InChI is InChI=1S/C24H18ClN5OS/c1-13-5-6-16-17(7-8-27-19(16)10-14-3-2-4-15(25)9-14)20(13)30-24(31)18-11-32-22-21(18)28-12-29-23(22)26/h2-9,11-12H,10H2,1H3,(H,30,31)(H2,26,28,29). The Kier molecular flexibility index (Phi) is 5.20. The van der Waals surface area contributed by atoms with E-state index in [1.807, 2.05) is 49.4 Å². The highest BCUT2D eigenvalue weighted by Gasteiger charge is 2.18. The number of carbonyl (C=O) groups is 1. The summed E-state index contributed by atoms with van der Waals surface area (Å²) in [7, 11) is 0. The van der Waals surface area contributed by atoms with Gasteiger partial charge >= 0.3 is 0 Å². The fourth-order valence-corrected chi connectivity index (χ4v) is 4.90. The van der Waals surface area contributed by atoms with Crippen molar-refractivity contribution in [3.63, 3.8) is 0 Å². The van der Waals surface area contributed by atoms with Gasteiger partial charge in [0.15, 0.2) is 0 Å². The molecule has 0 fully saturated rings. The normalized spacial score (nSPS) is 11.2. The van der Waals surface area contributed by atoms with Crippen LogP contribution in [0.5, 0.6) is 0 Å². The molecular weight excluding hydrogens is 442 g/mol. The van der Waals surface area contributed by atoms with Gasteiger partial charge in [0.05, 0.1) is 27.2 Å². The molecule has 0 saturated heterocycles. The first kappa shape index (κ1) is 20.4. The molecule has 0 aliphatic carbocycles. The average molecular weight is 460 g/mol. The molecule has 6 nitrogen and oxygen atoms in total. The second-order valence-electron chi connectivity index (χ2n) is 7.46. The molecule has 0 aliphatic rings. The van der Waals surface area contributed by atoms with Crippen molar-refractivity contribution in [1.82, 2.24) is 15.0 Å². The average Bonchev–Trinajstić information content (AvgIpc) is 3.22. The molecule has 0 radical (unpaired) electrons. The van der Waals surface area contributed by atoms with Gasteiger partial charge < -0.3 is 11.1 Å². The first-order valence-electron chi connectivity index (χ1n) is 9.92. The molecule has 0 aliphatic heterocycles. The molecule has 5 rings (SSSR count). The smallest absolute Gasteiger partial charge is 0.258 e. The number of hydrogen-bond donors (Lipinski definition) is 2. The summed E-state index contributed by atoms with van der Waals surface area (Å²) in [5.41, 5.74) is 10.7. The third-order valence-corrected chi connectivity index (χ3v) is 6.59. The number of aromatic nitrogens is 3. The van der Waals surface area contributed by atoms with Crippen LogP contribution in [0, 0.1) is 6.92 Å². The van der Waals surface area contributed by atoms with Gasteiger partial charge in [-0.15, -0.1) is 11.3 Å². The predicted octanol–water partition coefficient (Wildman–Crippen LogP) is 5.63. The first-order valence-corrected chi connectivity index (χ1v) is 11.2. The van der Waals surface area contributed by atoms with Gasteiger partial charge in [-0.2, -0.15) is 0 Å². The number of thiophene rings is 1. The molecule has 2 aromatic carbocycles. The summed E-state index contributed by atoms with van der Waals surface area (Å²) in [5, 5.41) is 7.45. The number of aryl methyl sites for hydroxylation is 1. The van der Waals surface area contributed by atoms with Crippen molar-refractivity contribution in [3.8, 4) is 0 Å². The number of rotatable bonds is 4. The highest BCUT2D eigenvalue weighted by molar-refractivity contribution is 7.18. The van der Waals surface area contributed by atoms with Crippen LogP contribution >= 0.6 is 22.9 Å². The lowest BCUT2D eigenvalue weighted by atomic mass is 10.00. The fourth-order valence-electron chi connectivity index (χ4n) is 3.78. The molecule has 3 heterocycles. The fraction of sp³-hybridized carbons (Fsp3) is 0.0833. The Hall–Kier alpha value is -3.55. The van der Waals surface area contributed by atoms with Gasteiger partial charge in [0.25, 0.3) is 5.91 Å². The molecule has 0 unspecified atom stereocenters. The van der Waals surface area contributed by atoms with E-state index in [2.05, 4.69) is 20.3 Å². The summed E-state index contributed by atoms with van der Waals surface area (Å²) in [6, 6.07) is 13.7. The molecule has 0 bridgehead atoms. The van der Waals surface area contributed by atoms with Crippen LogP contribution in [-0.2, 0) is 6.42 Å². The number of nitrogens with two attached hydrogens (primary N) is 1. The molecule has 3 N–H and O–H groups in total. The zero-order chi connectivity index (χ0) is 22.2. The van der Waals surface area contributed by atoms with E-state index in [-0.39, 0.29) is 5.91 Å². The number of nitrogens with one attached hydrogen (secondary N) is 1. The van der Waals surface area contributed by atoms with Gasteiger partial charge in [-0.1, -0.05) is 35.9 Å². The highest BCUT2D eigenvalue weighted by atomic mass is 35.5. The van der Waals surface area contributed by atoms with Gasteiger partial charge in [-0.05, 0) is 36.2 Å². The van der Waals surface area contributed by atoms with Gasteiger partial charge in [0, 0.05) is 33.8 Å². The second kappa shape index (κ2) is 8.18. The van der Waals surface area contributed by atoms with E-state index in [4.69, 9.17) is 17.3 Å². The maximum absolute atomic E-state index is 13.2. The van der Waals surface area contributed by atoms with E-state index in [9.17, 15) is 4.79 Å². The number of halogens is 1. The molecule has 0 saturated carbocycles. The van der Waals surface area contributed by atoms with Gasteiger partial charge in [0.1, 0.15) is 12.1 Å². The number of anilines is 2. The van der Waals surface area contributed by atoms with Crippen molar-refractivity contribution in [2.24, 2.45) is 0 Å². The SMILES string of the molecule is Cc1ccc2c(Cc3cccc(Cl)c3)nccc2c1NC(=O)c1csc2c(N)ncnc12. The topological polar surface area (TPSA) is 93.8 Å². The molecule has 3 aromatic heterocycles. The highest BCUT2D eigenvalue weighted by Crippen LogP contribution is 2.32. The van der Waals surface area contributed by atoms with Crippen molar-refractivity contribution in [2.75, 3.05) is 11.1 Å². The second-order valence-corrected chi connectivity index (χ2v) is 8.77. The van der Waals surface area contributed by atoms with E-state index in [1.165, 1.54) is 17.7 Å². The first-order chi connectivity index (χ1) is 15.5. The Bertz CT molecular complexity index is 1500.